The van der Waals surface area contributed by atoms with Crippen molar-refractivity contribution in [3.8, 4) is 33.6 Å². The third kappa shape index (κ3) is 6.66. The highest BCUT2D eigenvalue weighted by molar-refractivity contribution is 5.72. The summed E-state index contributed by atoms with van der Waals surface area (Å²) in [5, 5.41) is 6.12. The average Bonchev–Trinajstić information content (AvgIpc) is 3.62. The van der Waals surface area contributed by atoms with Gasteiger partial charge in [-0.15, -0.1) is 0 Å². The van der Waals surface area contributed by atoms with Crippen LogP contribution in [0.5, 0.6) is 0 Å². The molecule has 0 radical (unpaired) electrons. The number of H-pyrrole nitrogens is 2. The maximum Gasteiger partial charge on any atom is 0.408 e. The van der Waals surface area contributed by atoms with Gasteiger partial charge in [0.2, 0.25) is 0 Å². The second-order valence-electron chi connectivity index (χ2n) is 14.5. The van der Waals surface area contributed by atoms with Crippen LogP contribution in [0.3, 0.4) is 0 Å². The Kier molecular flexibility index (Phi) is 7.94. The number of aromatic amines is 2. The second-order valence-corrected chi connectivity index (χ2v) is 14.5. The van der Waals surface area contributed by atoms with Gasteiger partial charge in [-0.05, 0) is 91.2 Å². The van der Waals surface area contributed by atoms with Crippen LogP contribution in [0.25, 0.3) is 33.6 Å². The third-order valence-electron chi connectivity index (χ3n) is 8.65. The van der Waals surface area contributed by atoms with Crippen molar-refractivity contribution in [3.05, 3.63) is 72.6 Å². The first-order valence-electron chi connectivity index (χ1n) is 16.1. The molecule has 10 nitrogen and oxygen atoms in total. The Hall–Kier alpha value is -4.60. The van der Waals surface area contributed by atoms with Gasteiger partial charge >= 0.3 is 12.2 Å². The molecule has 2 aliphatic carbocycles. The van der Waals surface area contributed by atoms with E-state index in [1.807, 2.05) is 53.9 Å². The topological polar surface area (TPSA) is 134 Å². The standard InChI is InChI=1S/C36H44N6O4/c1-33(2,3)45-31(43)41-35(17-7-18-35)29-37-21-27(39-29)25-13-9-23(10-14-25)24-11-15-26(16-12-24)28-22-38-30(40-28)36(19-8-20-36)42-32(44)46-34(4,5)6/h9-16,21-22H,7-8,17-20H2,1-6H3,(H,37,39)(H,38,40)(H,41,43)(H,42,44). The van der Waals surface area contributed by atoms with Gasteiger partial charge in [0.25, 0.3) is 0 Å². The fourth-order valence-electron chi connectivity index (χ4n) is 6.00. The smallest absolute Gasteiger partial charge is 0.408 e. The SMILES string of the molecule is CC(C)(C)OC(=O)NC1(c2nc(-c3ccc(-c4ccc(-c5c[nH]c(C6(NC(=O)OC(C)(C)C)CCC6)n5)cc4)cc3)c[nH]2)CCC1. The summed E-state index contributed by atoms with van der Waals surface area (Å²) in [5.41, 5.74) is 3.64. The van der Waals surface area contributed by atoms with Gasteiger partial charge in [0.05, 0.1) is 11.4 Å². The first-order chi connectivity index (χ1) is 21.7. The lowest BCUT2D eigenvalue weighted by Crippen LogP contribution is -2.52. The molecule has 4 aromatic rings. The second kappa shape index (κ2) is 11.6. The Morgan fingerprint density at radius 1 is 0.609 bits per heavy atom. The number of ether oxygens (including phenoxy) is 2. The molecular weight excluding hydrogens is 580 g/mol. The normalized spacial score (nSPS) is 16.9. The van der Waals surface area contributed by atoms with E-state index < -0.39 is 34.5 Å². The summed E-state index contributed by atoms with van der Waals surface area (Å²) >= 11 is 0. The minimum absolute atomic E-state index is 0.425. The number of rotatable bonds is 7. The number of alkyl carbamates (subject to hydrolysis) is 2. The highest BCUT2D eigenvalue weighted by Gasteiger charge is 2.45. The molecular formula is C36H44N6O4. The number of imidazole rings is 2. The summed E-state index contributed by atoms with van der Waals surface area (Å²) in [5.74, 6) is 1.51. The van der Waals surface area contributed by atoms with Crippen LogP contribution in [-0.2, 0) is 20.6 Å². The van der Waals surface area contributed by atoms with Gasteiger partial charge < -0.3 is 30.1 Å². The van der Waals surface area contributed by atoms with E-state index >= 15 is 0 Å². The minimum atomic E-state index is -0.561. The molecule has 2 aromatic carbocycles. The predicted molar refractivity (Wildman–Crippen MR) is 177 cm³/mol. The molecule has 6 rings (SSSR count). The Bertz CT molecular complexity index is 1570. The van der Waals surface area contributed by atoms with E-state index in [-0.39, 0.29) is 0 Å². The number of nitrogens with zero attached hydrogens (tertiary/aromatic N) is 2. The van der Waals surface area contributed by atoms with Crippen molar-refractivity contribution in [3.63, 3.8) is 0 Å². The number of hydrogen-bond donors (Lipinski definition) is 4. The lowest BCUT2D eigenvalue weighted by molar-refractivity contribution is 0.0354. The Labute approximate surface area is 270 Å². The maximum absolute atomic E-state index is 12.5. The minimum Gasteiger partial charge on any atom is -0.444 e. The number of amides is 2. The molecule has 0 saturated heterocycles. The Morgan fingerprint density at radius 2 is 0.935 bits per heavy atom. The molecule has 2 saturated carbocycles. The number of hydrogen-bond acceptors (Lipinski definition) is 6. The summed E-state index contributed by atoms with van der Waals surface area (Å²) in [6.07, 6.45) is 8.25. The van der Waals surface area contributed by atoms with E-state index in [0.29, 0.717) is 0 Å². The van der Waals surface area contributed by atoms with Gasteiger partial charge in [0.1, 0.15) is 33.9 Å². The molecule has 4 N–H and O–H groups in total. The molecule has 2 aliphatic rings. The maximum atomic E-state index is 12.5. The highest BCUT2D eigenvalue weighted by Crippen LogP contribution is 2.42. The van der Waals surface area contributed by atoms with Gasteiger partial charge in [0.15, 0.2) is 0 Å². The molecule has 2 fully saturated rings. The van der Waals surface area contributed by atoms with E-state index in [4.69, 9.17) is 19.4 Å². The van der Waals surface area contributed by atoms with Crippen molar-refractivity contribution in [2.75, 3.05) is 0 Å². The molecule has 0 aliphatic heterocycles. The zero-order chi connectivity index (χ0) is 32.7. The number of aromatic nitrogens is 4. The van der Waals surface area contributed by atoms with E-state index in [1.54, 1.807) is 0 Å². The van der Waals surface area contributed by atoms with E-state index in [0.717, 1.165) is 83.8 Å². The Balaban J connectivity index is 1.12. The van der Waals surface area contributed by atoms with Gasteiger partial charge in [-0.1, -0.05) is 48.5 Å². The first-order valence-corrected chi connectivity index (χ1v) is 16.1. The summed E-state index contributed by atoms with van der Waals surface area (Å²) < 4.78 is 11.0. The summed E-state index contributed by atoms with van der Waals surface area (Å²) in [7, 11) is 0. The van der Waals surface area contributed by atoms with E-state index in [9.17, 15) is 9.59 Å². The van der Waals surface area contributed by atoms with Crippen molar-refractivity contribution in [2.24, 2.45) is 0 Å². The molecule has 0 unspecified atom stereocenters. The summed E-state index contributed by atoms with van der Waals surface area (Å²) in [6, 6.07) is 16.6. The number of carbonyl (C=O) groups excluding carboxylic acids is 2. The van der Waals surface area contributed by atoms with Crippen LogP contribution >= 0.6 is 0 Å². The molecule has 2 aromatic heterocycles. The van der Waals surface area contributed by atoms with Crippen LogP contribution in [0.15, 0.2) is 60.9 Å². The zero-order valence-electron chi connectivity index (χ0n) is 27.5. The van der Waals surface area contributed by atoms with E-state index in [1.165, 1.54) is 0 Å². The first kappa shape index (κ1) is 31.4. The average molecular weight is 625 g/mol. The van der Waals surface area contributed by atoms with Gasteiger partial charge in [-0.2, -0.15) is 0 Å². The fourth-order valence-corrected chi connectivity index (χ4v) is 6.00. The van der Waals surface area contributed by atoms with Crippen LogP contribution in [0, 0.1) is 0 Å². The predicted octanol–water partition coefficient (Wildman–Crippen LogP) is 7.94. The van der Waals surface area contributed by atoms with Gasteiger partial charge in [0, 0.05) is 23.5 Å². The summed E-state index contributed by atoms with van der Waals surface area (Å²) in [4.78, 5) is 41.4. The van der Waals surface area contributed by atoms with Crippen LogP contribution < -0.4 is 10.6 Å². The number of benzene rings is 2. The van der Waals surface area contributed by atoms with Crippen molar-refractivity contribution < 1.29 is 19.1 Å². The molecule has 10 heteroatoms. The van der Waals surface area contributed by atoms with Crippen molar-refractivity contribution in [1.29, 1.82) is 0 Å². The van der Waals surface area contributed by atoms with Gasteiger partial charge in [-0.25, -0.2) is 19.6 Å². The van der Waals surface area contributed by atoms with Crippen molar-refractivity contribution >= 4 is 12.2 Å². The molecule has 0 bridgehead atoms. The molecule has 2 heterocycles. The number of carbonyl (C=O) groups is 2. The van der Waals surface area contributed by atoms with Gasteiger partial charge in [-0.3, -0.25) is 0 Å². The summed E-state index contributed by atoms with van der Waals surface area (Å²) in [6.45, 7) is 11.2. The molecule has 0 atom stereocenters. The molecule has 0 spiro atoms. The van der Waals surface area contributed by atoms with Crippen LogP contribution in [-0.4, -0.2) is 43.3 Å². The largest absolute Gasteiger partial charge is 0.444 e. The molecule has 46 heavy (non-hydrogen) atoms. The van der Waals surface area contributed by atoms with E-state index in [2.05, 4.69) is 69.1 Å². The highest BCUT2D eigenvalue weighted by atomic mass is 16.6. The lowest BCUT2D eigenvalue weighted by atomic mass is 9.76. The quantitative estimate of drug-likeness (QED) is 0.165. The van der Waals surface area contributed by atoms with Crippen LogP contribution in [0.4, 0.5) is 9.59 Å². The van der Waals surface area contributed by atoms with Crippen LogP contribution in [0.1, 0.15) is 91.7 Å². The third-order valence-corrected chi connectivity index (χ3v) is 8.65. The van der Waals surface area contributed by atoms with Crippen molar-refractivity contribution in [2.45, 2.75) is 102 Å². The monoisotopic (exact) mass is 624 g/mol. The zero-order valence-corrected chi connectivity index (χ0v) is 27.5. The van der Waals surface area contributed by atoms with Crippen molar-refractivity contribution in [1.82, 2.24) is 30.6 Å². The Morgan fingerprint density at radius 3 is 1.22 bits per heavy atom. The van der Waals surface area contributed by atoms with Crippen LogP contribution in [0.2, 0.25) is 0 Å². The molecule has 242 valence electrons. The fraction of sp³-hybridized carbons (Fsp3) is 0.444. The molecule has 2 amide bonds. The number of nitrogens with one attached hydrogen (secondary N) is 4. The lowest BCUT2D eigenvalue weighted by Gasteiger charge is -2.40.